The molecular formula is C23H30ClNO3. The number of ether oxygens (including phenoxy) is 2. The van der Waals surface area contributed by atoms with Crippen LogP contribution in [0.15, 0.2) is 42.7 Å². The van der Waals surface area contributed by atoms with Gasteiger partial charge in [-0.15, -0.1) is 0 Å². The van der Waals surface area contributed by atoms with Crippen LogP contribution in [0.2, 0.25) is 5.02 Å². The number of carbonyl (C=O) groups is 1. The quantitative estimate of drug-likeness (QED) is 0.390. The van der Waals surface area contributed by atoms with Crippen LogP contribution in [0.5, 0.6) is 0 Å². The molecule has 0 radical (unpaired) electrons. The number of hydrogen-bond donors (Lipinski definition) is 0. The average molecular weight is 404 g/mol. The van der Waals surface area contributed by atoms with E-state index in [0.29, 0.717) is 0 Å². The van der Waals surface area contributed by atoms with E-state index < -0.39 is 0 Å². The molecule has 0 amide bonds. The number of carbonyl (C=O) groups excluding carboxylic acids is 1. The second-order valence-electron chi connectivity index (χ2n) is 8.23. The summed E-state index contributed by atoms with van der Waals surface area (Å²) in [6.07, 6.45) is 8.12. The fraction of sp³-hybridized carbons (Fsp3) is 0.522. The summed E-state index contributed by atoms with van der Waals surface area (Å²) in [5, 5.41) is 0.740. The predicted molar refractivity (Wildman–Crippen MR) is 111 cm³/mol. The van der Waals surface area contributed by atoms with Gasteiger partial charge in [0.1, 0.15) is 0 Å². The molecule has 1 heterocycles. The number of hydrogen-bond acceptors (Lipinski definition) is 3. The molecular weight excluding hydrogens is 374 g/mol. The maximum Gasteiger partial charge on any atom is 0.313 e. The van der Waals surface area contributed by atoms with E-state index in [1.54, 1.807) is 0 Å². The highest BCUT2D eigenvalue weighted by Gasteiger charge is 2.64. The van der Waals surface area contributed by atoms with Crippen LogP contribution in [0.1, 0.15) is 51.2 Å². The molecule has 0 saturated heterocycles. The van der Waals surface area contributed by atoms with Crippen LogP contribution in [-0.2, 0) is 27.4 Å². The monoisotopic (exact) mass is 403 g/mol. The van der Waals surface area contributed by atoms with Gasteiger partial charge in [-0.2, -0.15) is 0 Å². The van der Waals surface area contributed by atoms with Gasteiger partial charge in [0.2, 0.25) is 0 Å². The Hall–Kier alpha value is -1.78. The smallest absolute Gasteiger partial charge is 0.313 e. The minimum atomic E-state index is -0.168. The van der Waals surface area contributed by atoms with Gasteiger partial charge in [0, 0.05) is 29.4 Å². The van der Waals surface area contributed by atoms with Crippen molar-refractivity contribution >= 4 is 17.6 Å². The SMILES string of the molecule is CCCCCOC1C(C(=O)OCn2ccc(Cc3ccc(Cl)cc3)c2)C1(C)C. The lowest BCUT2D eigenvalue weighted by atomic mass is 10.1. The van der Waals surface area contributed by atoms with Crippen molar-refractivity contribution in [3.63, 3.8) is 0 Å². The Morgan fingerprint density at radius 3 is 2.61 bits per heavy atom. The van der Waals surface area contributed by atoms with Crippen LogP contribution >= 0.6 is 11.6 Å². The Kier molecular flexibility index (Phi) is 6.84. The Labute approximate surface area is 172 Å². The summed E-state index contributed by atoms with van der Waals surface area (Å²) in [7, 11) is 0. The van der Waals surface area contributed by atoms with Crippen LogP contribution in [-0.4, -0.2) is 23.2 Å². The number of rotatable bonds is 10. The lowest BCUT2D eigenvalue weighted by molar-refractivity contribution is -0.150. The summed E-state index contributed by atoms with van der Waals surface area (Å²) < 4.78 is 13.4. The Bertz CT molecular complexity index is 781. The summed E-state index contributed by atoms with van der Waals surface area (Å²) in [5.74, 6) is -0.336. The second-order valence-corrected chi connectivity index (χ2v) is 8.66. The van der Waals surface area contributed by atoms with Gasteiger partial charge in [-0.05, 0) is 42.2 Å². The molecule has 5 heteroatoms. The van der Waals surface area contributed by atoms with Crippen LogP contribution in [0.25, 0.3) is 0 Å². The molecule has 1 aromatic carbocycles. The molecule has 152 valence electrons. The third kappa shape index (κ3) is 5.18. The molecule has 2 aromatic rings. The van der Waals surface area contributed by atoms with Gasteiger partial charge < -0.3 is 14.0 Å². The molecule has 1 saturated carbocycles. The van der Waals surface area contributed by atoms with Gasteiger partial charge in [0.25, 0.3) is 0 Å². The number of aromatic nitrogens is 1. The van der Waals surface area contributed by atoms with E-state index in [1.165, 1.54) is 17.5 Å². The van der Waals surface area contributed by atoms with Crippen molar-refractivity contribution < 1.29 is 14.3 Å². The van der Waals surface area contributed by atoms with Crippen molar-refractivity contribution in [2.45, 2.75) is 59.3 Å². The first-order valence-corrected chi connectivity index (χ1v) is 10.5. The minimum absolute atomic E-state index is 0.0259. The molecule has 0 spiro atoms. The molecule has 1 aromatic heterocycles. The highest BCUT2D eigenvalue weighted by Crippen LogP contribution is 2.54. The molecule has 2 atom stereocenters. The predicted octanol–water partition coefficient (Wildman–Crippen LogP) is 5.46. The Morgan fingerprint density at radius 1 is 1.14 bits per heavy atom. The van der Waals surface area contributed by atoms with Gasteiger partial charge in [-0.3, -0.25) is 4.79 Å². The van der Waals surface area contributed by atoms with E-state index in [4.69, 9.17) is 21.1 Å². The molecule has 2 unspecified atom stereocenters. The maximum absolute atomic E-state index is 12.5. The van der Waals surface area contributed by atoms with Gasteiger partial charge in [0.15, 0.2) is 6.73 Å². The van der Waals surface area contributed by atoms with Crippen molar-refractivity contribution in [2.75, 3.05) is 6.61 Å². The summed E-state index contributed by atoms with van der Waals surface area (Å²) >= 11 is 5.93. The van der Waals surface area contributed by atoms with Gasteiger partial charge in [-0.1, -0.05) is 57.3 Å². The van der Waals surface area contributed by atoms with Gasteiger partial charge in [-0.25, -0.2) is 0 Å². The number of nitrogens with zero attached hydrogens (tertiary/aromatic N) is 1. The van der Waals surface area contributed by atoms with Crippen molar-refractivity contribution in [1.82, 2.24) is 4.57 Å². The first kappa shape index (κ1) is 20.9. The van der Waals surface area contributed by atoms with Crippen LogP contribution < -0.4 is 0 Å². The van der Waals surface area contributed by atoms with Gasteiger partial charge in [0.05, 0.1) is 12.0 Å². The van der Waals surface area contributed by atoms with Crippen molar-refractivity contribution in [3.8, 4) is 0 Å². The third-order valence-corrected chi connectivity index (χ3v) is 5.77. The van der Waals surface area contributed by atoms with Crippen LogP contribution in [0, 0.1) is 11.3 Å². The Morgan fingerprint density at radius 2 is 1.89 bits per heavy atom. The van der Waals surface area contributed by atoms with Gasteiger partial charge >= 0.3 is 5.97 Å². The van der Waals surface area contributed by atoms with E-state index in [-0.39, 0.29) is 30.1 Å². The average Bonchev–Trinajstić information content (AvgIpc) is 2.99. The fourth-order valence-corrected chi connectivity index (χ4v) is 3.76. The first-order chi connectivity index (χ1) is 13.4. The van der Waals surface area contributed by atoms with E-state index >= 15 is 0 Å². The van der Waals surface area contributed by atoms with E-state index in [1.807, 2.05) is 47.3 Å². The standard InChI is InChI=1S/C23H30ClNO3/c1-4-5-6-13-27-21-20(23(21,2)3)22(26)28-16-25-12-11-18(15-25)14-17-7-9-19(24)10-8-17/h7-12,15,20-21H,4-6,13-14,16H2,1-3H3. The highest BCUT2D eigenvalue weighted by atomic mass is 35.5. The maximum atomic E-state index is 12.5. The zero-order chi connectivity index (χ0) is 20.1. The number of benzene rings is 1. The molecule has 0 bridgehead atoms. The molecule has 1 fully saturated rings. The van der Waals surface area contributed by atoms with Crippen molar-refractivity contribution in [3.05, 3.63) is 58.9 Å². The van der Waals surface area contributed by atoms with Crippen LogP contribution in [0.4, 0.5) is 0 Å². The first-order valence-electron chi connectivity index (χ1n) is 10.1. The lowest BCUT2D eigenvalue weighted by Crippen LogP contribution is -2.14. The normalized spacial score (nSPS) is 20.1. The van der Waals surface area contributed by atoms with E-state index in [2.05, 4.69) is 20.8 Å². The zero-order valence-corrected chi connectivity index (χ0v) is 17.7. The fourth-order valence-electron chi connectivity index (χ4n) is 3.63. The summed E-state index contributed by atoms with van der Waals surface area (Å²) in [4.78, 5) is 12.5. The molecule has 1 aliphatic carbocycles. The summed E-state index contributed by atoms with van der Waals surface area (Å²) in [5.41, 5.74) is 2.23. The number of halogens is 1. The Balaban J connectivity index is 1.46. The number of unbranched alkanes of at least 4 members (excludes halogenated alkanes) is 2. The summed E-state index contributed by atoms with van der Waals surface area (Å²) in [6, 6.07) is 9.88. The minimum Gasteiger partial charge on any atom is -0.444 e. The third-order valence-electron chi connectivity index (χ3n) is 5.52. The molecule has 0 aliphatic heterocycles. The van der Waals surface area contributed by atoms with Crippen LogP contribution in [0.3, 0.4) is 0 Å². The molecule has 0 N–H and O–H groups in total. The molecule has 1 aliphatic rings. The number of esters is 1. The second kappa shape index (κ2) is 9.15. The van der Waals surface area contributed by atoms with E-state index in [0.717, 1.165) is 30.9 Å². The molecule has 3 rings (SSSR count). The highest BCUT2D eigenvalue weighted by molar-refractivity contribution is 6.30. The molecule has 28 heavy (non-hydrogen) atoms. The lowest BCUT2D eigenvalue weighted by Gasteiger charge is -2.06. The molecule has 4 nitrogen and oxygen atoms in total. The van der Waals surface area contributed by atoms with Crippen molar-refractivity contribution in [1.29, 1.82) is 0 Å². The largest absolute Gasteiger partial charge is 0.444 e. The summed E-state index contributed by atoms with van der Waals surface area (Å²) in [6.45, 7) is 7.27. The topological polar surface area (TPSA) is 40.5 Å². The zero-order valence-electron chi connectivity index (χ0n) is 17.0. The van der Waals surface area contributed by atoms with Crippen molar-refractivity contribution in [2.24, 2.45) is 11.3 Å². The van der Waals surface area contributed by atoms with E-state index in [9.17, 15) is 4.79 Å².